The number of anilines is 1. The van der Waals surface area contributed by atoms with E-state index < -0.39 is 11.2 Å². The van der Waals surface area contributed by atoms with E-state index in [0.717, 1.165) is 42.1 Å². The van der Waals surface area contributed by atoms with Crippen molar-refractivity contribution < 1.29 is 18.3 Å². The highest BCUT2D eigenvalue weighted by Crippen LogP contribution is 2.37. The maximum Gasteiger partial charge on any atom is 0.446 e. The van der Waals surface area contributed by atoms with E-state index >= 15 is 0 Å². The van der Waals surface area contributed by atoms with Crippen molar-refractivity contribution in [1.29, 1.82) is 0 Å². The lowest BCUT2D eigenvalue weighted by molar-refractivity contribution is -0.0328. The van der Waals surface area contributed by atoms with Gasteiger partial charge in [0.1, 0.15) is 5.82 Å². The lowest BCUT2D eigenvalue weighted by Gasteiger charge is -2.33. The number of hydrogen-bond acceptors (Lipinski definition) is 6. The zero-order valence-corrected chi connectivity index (χ0v) is 19.0. The molecule has 3 aromatic rings. The van der Waals surface area contributed by atoms with Gasteiger partial charge in [-0.3, -0.25) is 4.57 Å². The van der Waals surface area contributed by atoms with Crippen molar-refractivity contribution in [2.24, 2.45) is 0 Å². The normalized spacial score (nSPS) is 15.2. The van der Waals surface area contributed by atoms with Gasteiger partial charge in [-0.15, -0.1) is 0 Å². The van der Waals surface area contributed by atoms with Gasteiger partial charge in [-0.25, -0.2) is 14.3 Å². The molecule has 11 heteroatoms. The Labute approximate surface area is 193 Å². The molecule has 1 N–H and O–H groups in total. The third-order valence-electron chi connectivity index (χ3n) is 5.67. The lowest BCUT2D eigenvalue weighted by atomic mass is 10.2. The second-order valence-corrected chi connectivity index (χ2v) is 9.11. The minimum absolute atomic E-state index is 0.00293. The molecule has 4 rings (SSSR count). The Morgan fingerprint density at radius 1 is 1.09 bits per heavy atom. The van der Waals surface area contributed by atoms with Crippen LogP contribution in [0.25, 0.3) is 5.69 Å². The van der Waals surface area contributed by atoms with E-state index in [2.05, 4.69) is 21.8 Å². The highest BCUT2D eigenvalue weighted by atomic mass is 32.2. The third kappa shape index (κ3) is 5.19. The average Bonchev–Trinajstić information content (AvgIpc) is 2.97. The Morgan fingerprint density at radius 2 is 1.76 bits per heavy atom. The van der Waals surface area contributed by atoms with Crippen LogP contribution < -0.4 is 10.6 Å². The predicted molar refractivity (Wildman–Crippen MR) is 121 cm³/mol. The first-order valence-electron chi connectivity index (χ1n) is 10.4. The first-order chi connectivity index (χ1) is 15.6. The second kappa shape index (κ2) is 9.14. The van der Waals surface area contributed by atoms with Gasteiger partial charge in [0.15, 0.2) is 0 Å². The second-order valence-electron chi connectivity index (χ2n) is 7.97. The summed E-state index contributed by atoms with van der Waals surface area (Å²) >= 11 is -0.231. The number of rotatable bonds is 5. The van der Waals surface area contributed by atoms with Crippen LogP contribution in [-0.2, 0) is 6.54 Å². The smallest absolute Gasteiger partial charge is 0.446 e. The van der Waals surface area contributed by atoms with Crippen molar-refractivity contribution in [3.63, 3.8) is 0 Å². The van der Waals surface area contributed by atoms with Gasteiger partial charge < -0.3 is 14.9 Å². The maximum atomic E-state index is 13.1. The van der Waals surface area contributed by atoms with Crippen molar-refractivity contribution in [3.05, 3.63) is 64.3 Å². The maximum absolute atomic E-state index is 13.1. The zero-order valence-electron chi connectivity index (χ0n) is 18.2. The Kier molecular flexibility index (Phi) is 6.44. The number of benzene rings is 1. The number of alkyl halides is 3. The van der Waals surface area contributed by atoms with Crippen molar-refractivity contribution in [2.45, 2.75) is 23.9 Å². The van der Waals surface area contributed by atoms with Crippen LogP contribution in [0.2, 0.25) is 0 Å². The number of thioether (sulfide) groups is 1. The summed E-state index contributed by atoms with van der Waals surface area (Å²) in [7, 11) is 2.08. The molecule has 1 aliphatic heterocycles. The third-order valence-corrected chi connectivity index (χ3v) is 6.41. The fraction of sp³-hybridized carbons (Fsp3) is 0.364. The van der Waals surface area contributed by atoms with Crippen LogP contribution in [0.15, 0.2) is 52.3 Å². The van der Waals surface area contributed by atoms with Crippen LogP contribution in [0.1, 0.15) is 11.3 Å². The molecule has 33 heavy (non-hydrogen) atoms. The summed E-state index contributed by atoms with van der Waals surface area (Å²) in [6.07, 6.45) is 1.71. The highest BCUT2D eigenvalue weighted by Gasteiger charge is 2.29. The molecule has 0 unspecified atom stereocenters. The molecule has 0 aliphatic carbocycles. The summed E-state index contributed by atoms with van der Waals surface area (Å²) in [5, 5.41) is 10.6. The van der Waals surface area contributed by atoms with Crippen molar-refractivity contribution in [1.82, 2.24) is 19.0 Å². The number of aromatic hydroxyl groups is 1. The van der Waals surface area contributed by atoms with E-state index in [1.165, 1.54) is 28.8 Å². The number of hydrogen-bond donors (Lipinski definition) is 1. The van der Waals surface area contributed by atoms with Crippen molar-refractivity contribution in [3.8, 4) is 11.6 Å². The Balaban J connectivity index is 1.59. The SMILES string of the molecule is Cc1c(O)n(-c2ccc(SC(F)(F)F)cc2)c(=O)n1Cc1ccnc(N2CCN(C)CC2)c1. The van der Waals surface area contributed by atoms with Crippen LogP contribution in [0.4, 0.5) is 19.0 Å². The fourth-order valence-electron chi connectivity index (χ4n) is 3.80. The topological polar surface area (TPSA) is 66.5 Å². The molecule has 7 nitrogen and oxygen atoms in total. The molecule has 0 spiro atoms. The monoisotopic (exact) mass is 479 g/mol. The highest BCUT2D eigenvalue weighted by molar-refractivity contribution is 8.00. The summed E-state index contributed by atoms with van der Waals surface area (Å²) in [6, 6.07) is 9.08. The first kappa shape index (κ1) is 23.2. The van der Waals surface area contributed by atoms with Gasteiger partial charge in [-0.1, -0.05) is 0 Å². The number of pyridine rings is 1. The quantitative estimate of drug-likeness (QED) is 0.566. The van der Waals surface area contributed by atoms with Gasteiger partial charge >= 0.3 is 11.2 Å². The van der Waals surface area contributed by atoms with E-state index in [4.69, 9.17) is 0 Å². The van der Waals surface area contributed by atoms with Gasteiger partial charge in [0.2, 0.25) is 5.88 Å². The van der Waals surface area contributed by atoms with Gasteiger partial charge in [0.25, 0.3) is 0 Å². The van der Waals surface area contributed by atoms with Crippen molar-refractivity contribution >= 4 is 17.6 Å². The summed E-state index contributed by atoms with van der Waals surface area (Å²) in [4.78, 5) is 22.0. The molecule has 1 fully saturated rings. The molecule has 0 atom stereocenters. The number of aromatic nitrogens is 3. The lowest BCUT2D eigenvalue weighted by Crippen LogP contribution is -2.44. The number of imidazole rings is 1. The number of nitrogens with zero attached hydrogens (tertiary/aromatic N) is 5. The Bertz CT molecular complexity index is 1180. The van der Waals surface area contributed by atoms with E-state index in [9.17, 15) is 23.1 Å². The van der Waals surface area contributed by atoms with E-state index in [1.807, 2.05) is 12.1 Å². The van der Waals surface area contributed by atoms with Crippen LogP contribution in [-0.4, -0.2) is 62.9 Å². The van der Waals surface area contributed by atoms with E-state index in [0.29, 0.717) is 11.4 Å². The number of likely N-dealkylation sites (N-methyl/N-ethyl adjacent to an activating group) is 1. The zero-order chi connectivity index (χ0) is 23.8. The first-order valence-corrected chi connectivity index (χ1v) is 11.2. The Hall–Kier alpha value is -2.92. The number of halogens is 3. The van der Waals surface area contributed by atoms with Gasteiger partial charge in [0.05, 0.1) is 17.9 Å². The molecule has 3 heterocycles. The molecule has 0 saturated carbocycles. The predicted octanol–water partition coefficient (Wildman–Crippen LogP) is 3.46. The van der Waals surface area contributed by atoms with E-state index in [1.54, 1.807) is 13.1 Å². The minimum Gasteiger partial charge on any atom is -0.493 e. The summed E-state index contributed by atoms with van der Waals surface area (Å²) in [5.74, 6) is 0.595. The van der Waals surface area contributed by atoms with Crippen molar-refractivity contribution in [2.75, 3.05) is 38.1 Å². The van der Waals surface area contributed by atoms with Gasteiger partial charge in [0, 0.05) is 37.3 Å². The molecular weight excluding hydrogens is 455 g/mol. The summed E-state index contributed by atoms with van der Waals surface area (Å²) in [5.41, 5.74) is -3.35. The molecule has 1 saturated heterocycles. The standard InChI is InChI=1S/C22H24F3N5O2S/c1-15-20(31)30(17-3-5-18(6-4-17)33-22(23,24)25)21(32)29(15)14-16-7-8-26-19(13-16)28-11-9-27(2)10-12-28/h3-8,13,31H,9-12,14H2,1-2H3. The molecule has 176 valence electrons. The average molecular weight is 480 g/mol. The molecular formula is C22H24F3N5O2S. The van der Waals surface area contributed by atoms with E-state index in [-0.39, 0.29) is 29.1 Å². The molecule has 0 radical (unpaired) electrons. The molecule has 0 amide bonds. The van der Waals surface area contributed by atoms with Gasteiger partial charge in [-0.2, -0.15) is 13.2 Å². The number of piperazine rings is 1. The summed E-state index contributed by atoms with van der Waals surface area (Å²) in [6.45, 7) is 5.49. The molecule has 0 bridgehead atoms. The van der Waals surface area contributed by atoms with Crippen LogP contribution in [0, 0.1) is 6.92 Å². The molecule has 1 aliphatic rings. The van der Waals surface area contributed by atoms with Crippen LogP contribution >= 0.6 is 11.8 Å². The summed E-state index contributed by atoms with van der Waals surface area (Å²) < 4.78 is 40.3. The fourth-order valence-corrected chi connectivity index (χ4v) is 4.34. The minimum atomic E-state index is -4.39. The van der Waals surface area contributed by atoms with Crippen LogP contribution in [0.5, 0.6) is 5.88 Å². The Morgan fingerprint density at radius 3 is 2.39 bits per heavy atom. The largest absolute Gasteiger partial charge is 0.493 e. The molecule has 1 aromatic carbocycles. The van der Waals surface area contributed by atoms with Gasteiger partial charge in [-0.05, 0) is 67.7 Å². The van der Waals surface area contributed by atoms with Crippen LogP contribution in [0.3, 0.4) is 0 Å². The molecule has 2 aromatic heterocycles.